The molecule has 1 aromatic rings. The van der Waals surface area contributed by atoms with Gasteiger partial charge in [-0.25, -0.2) is 8.42 Å². The zero-order valence-corrected chi connectivity index (χ0v) is 13.8. The molecule has 20 heavy (non-hydrogen) atoms. The molecule has 1 aliphatic heterocycles. The lowest BCUT2D eigenvalue weighted by Crippen LogP contribution is -2.32. The largest absolute Gasteiger partial charge is 0.281 e. The van der Waals surface area contributed by atoms with Crippen molar-refractivity contribution in [3.8, 4) is 0 Å². The lowest BCUT2D eigenvalue weighted by atomic mass is 9.82. The first-order valence-corrected chi connectivity index (χ1v) is 8.97. The summed E-state index contributed by atoms with van der Waals surface area (Å²) >= 11 is 5.86. The Morgan fingerprint density at radius 1 is 1.40 bits per heavy atom. The molecule has 0 amide bonds. The van der Waals surface area contributed by atoms with Crippen LogP contribution in [0.5, 0.6) is 0 Å². The lowest BCUT2D eigenvalue weighted by molar-refractivity contribution is 0.279. The SMILES string of the molecule is CCC1(CC)CCN(S(=O)(=O)c2n[nH]c(C)c2CCl)C1. The predicted molar refractivity (Wildman–Crippen MR) is 79.3 cm³/mol. The highest BCUT2D eigenvalue weighted by Crippen LogP contribution is 2.39. The summed E-state index contributed by atoms with van der Waals surface area (Å²) in [6.07, 6.45) is 2.91. The molecule has 1 aliphatic rings. The summed E-state index contributed by atoms with van der Waals surface area (Å²) in [4.78, 5) is 0. The van der Waals surface area contributed by atoms with Gasteiger partial charge >= 0.3 is 0 Å². The summed E-state index contributed by atoms with van der Waals surface area (Å²) in [5, 5.41) is 6.78. The number of hydrogen-bond donors (Lipinski definition) is 1. The van der Waals surface area contributed by atoms with Crippen LogP contribution in [0.4, 0.5) is 0 Å². The molecule has 0 atom stereocenters. The third-order valence-corrected chi connectivity index (χ3v) is 6.74. The van der Waals surface area contributed by atoms with Gasteiger partial charge in [-0.2, -0.15) is 9.40 Å². The van der Waals surface area contributed by atoms with E-state index in [-0.39, 0.29) is 16.3 Å². The molecule has 0 aliphatic carbocycles. The number of hydrogen-bond acceptors (Lipinski definition) is 3. The fourth-order valence-corrected chi connectivity index (χ4v) is 4.97. The van der Waals surface area contributed by atoms with Crippen molar-refractivity contribution in [2.75, 3.05) is 13.1 Å². The molecule has 0 bridgehead atoms. The molecule has 5 nitrogen and oxygen atoms in total. The van der Waals surface area contributed by atoms with E-state index in [4.69, 9.17) is 11.6 Å². The van der Waals surface area contributed by atoms with Crippen LogP contribution >= 0.6 is 11.6 Å². The molecule has 1 N–H and O–H groups in total. The third-order valence-electron chi connectivity index (χ3n) is 4.66. The summed E-state index contributed by atoms with van der Waals surface area (Å²) in [7, 11) is -3.55. The molecule has 1 aromatic heterocycles. The molecule has 2 rings (SSSR count). The second kappa shape index (κ2) is 5.66. The molecule has 2 heterocycles. The Hall–Kier alpha value is -0.590. The number of nitrogens with zero attached hydrogens (tertiary/aromatic N) is 2. The van der Waals surface area contributed by atoms with Crippen molar-refractivity contribution in [3.05, 3.63) is 11.3 Å². The number of aryl methyl sites for hydroxylation is 1. The zero-order valence-electron chi connectivity index (χ0n) is 12.2. The summed E-state index contributed by atoms with van der Waals surface area (Å²) in [5.74, 6) is 0.150. The van der Waals surface area contributed by atoms with Gasteiger partial charge in [0, 0.05) is 24.3 Å². The third kappa shape index (κ3) is 2.49. The second-order valence-electron chi connectivity index (χ2n) is 5.56. The van der Waals surface area contributed by atoms with Gasteiger partial charge in [0.2, 0.25) is 0 Å². The maximum Gasteiger partial charge on any atom is 0.262 e. The van der Waals surface area contributed by atoms with E-state index in [9.17, 15) is 8.42 Å². The van der Waals surface area contributed by atoms with E-state index in [1.54, 1.807) is 11.2 Å². The van der Waals surface area contributed by atoms with Crippen molar-refractivity contribution in [1.82, 2.24) is 14.5 Å². The van der Waals surface area contributed by atoms with Gasteiger partial charge in [-0.15, -0.1) is 11.6 Å². The van der Waals surface area contributed by atoms with Crippen LogP contribution in [0.2, 0.25) is 0 Å². The summed E-state index contributed by atoms with van der Waals surface area (Å²) in [6.45, 7) is 7.19. The van der Waals surface area contributed by atoms with Crippen molar-refractivity contribution in [3.63, 3.8) is 0 Å². The van der Waals surface area contributed by atoms with Crippen LogP contribution in [0, 0.1) is 12.3 Å². The van der Waals surface area contributed by atoms with Crippen LogP contribution in [0.3, 0.4) is 0 Å². The van der Waals surface area contributed by atoms with Gasteiger partial charge in [0.25, 0.3) is 10.0 Å². The molecule has 7 heteroatoms. The molecule has 0 spiro atoms. The van der Waals surface area contributed by atoms with Crippen molar-refractivity contribution >= 4 is 21.6 Å². The van der Waals surface area contributed by atoms with E-state index in [1.807, 2.05) is 0 Å². The van der Waals surface area contributed by atoms with Gasteiger partial charge in [0.1, 0.15) is 0 Å². The first-order chi connectivity index (χ1) is 9.40. The average Bonchev–Trinajstić information content (AvgIpc) is 3.03. The minimum Gasteiger partial charge on any atom is -0.281 e. The molecule has 1 saturated heterocycles. The lowest BCUT2D eigenvalue weighted by Gasteiger charge is -2.26. The number of nitrogens with one attached hydrogen (secondary N) is 1. The summed E-state index contributed by atoms with van der Waals surface area (Å²) < 4.78 is 27.0. The molecule has 0 radical (unpaired) electrons. The van der Waals surface area contributed by atoms with Gasteiger partial charge in [-0.3, -0.25) is 5.10 Å². The Labute approximate surface area is 125 Å². The van der Waals surface area contributed by atoms with Crippen LogP contribution in [-0.4, -0.2) is 36.0 Å². The number of H-pyrrole nitrogens is 1. The Morgan fingerprint density at radius 3 is 2.55 bits per heavy atom. The van der Waals surface area contributed by atoms with E-state index in [1.165, 1.54) is 0 Å². The fraction of sp³-hybridized carbons (Fsp3) is 0.769. The highest BCUT2D eigenvalue weighted by molar-refractivity contribution is 7.89. The zero-order chi connectivity index (χ0) is 15.0. The average molecular weight is 320 g/mol. The number of rotatable bonds is 5. The first kappa shape index (κ1) is 15.8. The van der Waals surface area contributed by atoms with Crippen LogP contribution in [0.1, 0.15) is 44.4 Å². The first-order valence-electron chi connectivity index (χ1n) is 7.00. The Morgan fingerprint density at radius 2 is 2.05 bits per heavy atom. The van der Waals surface area contributed by atoms with Crippen LogP contribution in [-0.2, 0) is 15.9 Å². The number of halogens is 1. The maximum atomic E-state index is 12.7. The Kier molecular flexibility index (Phi) is 4.47. The second-order valence-corrected chi connectivity index (χ2v) is 7.68. The van der Waals surface area contributed by atoms with Gasteiger partial charge < -0.3 is 0 Å². The molecule has 1 fully saturated rings. The highest BCUT2D eigenvalue weighted by Gasteiger charge is 2.42. The van der Waals surface area contributed by atoms with E-state index in [2.05, 4.69) is 24.0 Å². The highest BCUT2D eigenvalue weighted by atomic mass is 35.5. The Bertz CT molecular complexity index is 578. The van der Waals surface area contributed by atoms with Crippen molar-refractivity contribution in [2.24, 2.45) is 5.41 Å². The summed E-state index contributed by atoms with van der Waals surface area (Å²) in [6, 6.07) is 0. The molecule has 0 unspecified atom stereocenters. The quantitative estimate of drug-likeness (QED) is 0.848. The minimum atomic E-state index is -3.55. The number of sulfonamides is 1. The molecular formula is C13H22ClN3O2S. The summed E-state index contributed by atoms with van der Waals surface area (Å²) in [5.41, 5.74) is 1.41. The normalized spacial score (nSPS) is 19.6. The van der Waals surface area contributed by atoms with Gasteiger partial charge in [-0.1, -0.05) is 13.8 Å². The van der Waals surface area contributed by atoms with E-state index < -0.39 is 10.0 Å². The standard InChI is InChI=1S/C13H22ClN3O2S/c1-4-13(5-2)6-7-17(9-13)20(18,19)12-11(8-14)10(3)15-16-12/h4-9H2,1-3H3,(H,15,16). The topological polar surface area (TPSA) is 66.1 Å². The van der Waals surface area contributed by atoms with Crippen LogP contribution in [0.25, 0.3) is 0 Å². The van der Waals surface area contributed by atoms with Crippen molar-refractivity contribution < 1.29 is 8.42 Å². The predicted octanol–water partition coefficient (Wildman–Crippen LogP) is 2.66. The molecule has 0 aromatic carbocycles. The molecular weight excluding hydrogens is 298 g/mol. The van der Waals surface area contributed by atoms with Crippen LogP contribution < -0.4 is 0 Å². The van der Waals surface area contributed by atoms with Crippen molar-refractivity contribution in [1.29, 1.82) is 0 Å². The van der Waals surface area contributed by atoms with E-state index >= 15 is 0 Å². The van der Waals surface area contributed by atoms with Crippen LogP contribution in [0.15, 0.2) is 5.03 Å². The molecule has 0 saturated carbocycles. The van der Waals surface area contributed by atoms with Gasteiger partial charge in [0.05, 0.1) is 5.88 Å². The Balaban J connectivity index is 2.33. The smallest absolute Gasteiger partial charge is 0.262 e. The van der Waals surface area contributed by atoms with Crippen molar-refractivity contribution in [2.45, 2.75) is 50.9 Å². The molecule has 114 valence electrons. The van der Waals surface area contributed by atoms with Gasteiger partial charge in [0.15, 0.2) is 5.03 Å². The maximum absolute atomic E-state index is 12.7. The monoisotopic (exact) mass is 319 g/mol. The number of aromatic nitrogens is 2. The van der Waals surface area contributed by atoms with Gasteiger partial charge in [-0.05, 0) is 31.6 Å². The number of aromatic amines is 1. The minimum absolute atomic E-state index is 0.0907. The van der Waals surface area contributed by atoms with E-state index in [0.717, 1.165) is 25.0 Å². The number of alkyl halides is 1. The van der Waals surface area contributed by atoms with E-state index in [0.29, 0.717) is 18.7 Å². The fourth-order valence-electron chi connectivity index (χ4n) is 2.85.